The number of hydrogen-bond donors (Lipinski definition) is 0. The standard InChI is InChI=1S/C16H14N2O5S2/c1-10-5-6-11(25(2,20)21)8-12(10)16(19)22-9-14-17-15(18-23-14)13-4-3-7-24-13/h3-8H,9H2,1-2H3. The molecule has 1 aromatic carbocycles. The van der Waals surface area contributed by atoms with Crippen LogP contribution in [0.3, 0.4) is 0 Å². The highest BCUT2D eigenvalue weighted by Crippen LogP contribution is 2.22. The fourth-order valence-corrected chi connectivity index (χ4v) is 3.37. The molecule has 0 saturated heterocycles. The topological polar surface area (TPSA) is 99.4 Å². The van der Waals surface area contributed by atoms with Crippen molar-refractivity contribution in [1.82, 2.24) is 10.1 Å². The van der Waals surface area contributed by atoms with Crippen LogP contribution in [0.5, 0.6) is 0 Å². The third-order valence-corrected chi connectivity index (χ3v) is 5.37. The van der Waals surface area contributed by atoms with Crippen molar-refractivity contribution in [3.8, 4) is 10.7 Å². The van der Waals surface area contributed by atoms with Gasteiger partial charge in [0.25, 0.3) is 5.89 Å². The lowest BCUT2D eigenvalue weighted by Crippen LogP contribution is -2.09. The van der Waals surface area contributed by atoms with E-state index in [9.17, 15) is 13.2 Å². The van der Waals surface area contributed by atoms with E-state index in [1.807, 2.05) is 17.5 Å². The van der Waals surface area contributed by atoms with Gasteiger partial charge in [-0.15, -0.1) is 11.3 Å². The largest absolute Gasteiger partial charge is 0.452 e. The third-order valence-electron chi connectivity index (χ3n) is 3.39. The number of aryl methyl sites for hydroxylation is 1. The van der Waals surface area contributed by atoms with Crippen LogP contribution in [0.2, 0.25) is 0 Å². The number of nitrogens with zero attached hydrogens (tertiary/aromatic N) is 2. The molecule has 0 unspecified atom stereocenters. The zero-order valence-electron chi connectivity index (χ0n) is 13.4. The van der Waals surface area contributed by atoms with E-state index < -0.39 is 15.8 Å². The van der Waals surface area contributed by atoms with E-state index in [0.29, 0.717) is 11.4 Å². The van der Waals surface area contributed by atoms with Gasteiger partial charge in [0.05, 0.1) is 15.3 Å². The van der Waals surface area contributed by atoms with Crippen molar-refractivity contribution < 1.29 is 22.5 Å². The van der Waals surface area contributed by atoms with E-state index >= 15 is 0 Å². The number of esters is 1. The predicted molar refractivity (Wildman–Crippen MR) is 91.0 cm³/mol. The number of aromatic nitrogens is 2. The molecule has 2 heterocycles. The van der Waals surface area contributed by atoms with Gasteiger partial charge in [-0.3, -0.25) is 0 Å². The fourth-order valence-electron chi connectivity index (χ4n) is 2.08. The lowest BCUT2D eigenvalue weighted by atomic mass is 10.1. The normalized spacial score (nSPS) is 11.4. The first-order chi connectivity index (χ1) is 11.8. The molecule has 2 aromatic heterocycles. The molecule has 0 N–H and O–H groups in total. The fraction of sp³-hybridized carbons (Fsp3) is 0.188. The minimum absolute atomic E-state index is 0.0582. The summed E-state index contributed by atoms with van der Waals surface area (Å²) >= 11 is 1.47. The number of rotatable bonds is 5. The Hall–Kier alpha value is -2.52. The van der Waals surface area contributed by atoms with Gasteiger partial charge in [0.1, 0.15) is 0 Å². The molecule has 0 aliphatic heterocycles. The number of benzene rings is 1. The van der Waals surface area contributed by atoms with Crippen molar-refractivity contribution in [2.75, 3.05) is 6.26 Å². The number of sulfone groups is 1. The van der Waals surface area contributed by atoms with Crippen LogP contribution in [-0.2, 0) is 21.2 Å². The molecule has 0 amide bonds. The molecule has 0 fully saturated rings. The highest BCUT2D eigenvalue weighted by Gasteiger charge is 2.17. The third kappa shape index (κ3) is 3.94. The average Bonchev–Trinajstić information content (AvgIpc) is 3.23. The Morgan fingerprint density at radius 2 is 2.12 bits per heavy atom. The summed E-state index contributed by atoms with van der Waals surface area (Å²) in [6.07, 6.45) is 1.08. The Bertz CT molecular complexity index is 1010. The molecule has 0 atom stereocenters. The van der Waals surface area contributed by atoms with Gasteiger partial charge in [-0.05, 0) is 36.1 Å². The maximum Gasteiger partial charge on any atom is 0.338 e. The summed E-state index contributed by atoms with van der Waals surface area (Å²) in [5, 5.41) is 5.72. The summed E-state index contributed by atoms with van der Waals surface area (Å²) in [6, 6.07) is 8.04. The number of carbonyl (C=O) groups is 1. The van der Waals surface area contributed by atoms with Gasteiger partial charge in [-0.25, -0.2) is 13.2 Å². The van der Waals surface area contributed by atoms with Gasteiger partial charge in [0, 0.05) is 6.26 Å². The van der Waals surface area contributed by atoms with Crippen molar-refractivity contribution in [3.05, 3.63) is 52.7 Å². The monoisotopic (exact) mass is 378 g/mol. The van der Waals surface area contributed by atoms with E-state index in [4.69, 9.17) is 9.26 Å². The van der Waals surface area contributed by atoms with Crippen LogP contribution in [0.4, 0.5) is 0 Å². The molecule has 0 radical (unpaired) electrons. The Balaban J connectivity index is 1.73. The van der Waals surface area contributed by atoms with Gasteiger partial charge < -0.3 is 9.26 Å². The van der Waals surface area contributed by atoms with E-state index in [0.717, 1.165) is 11.1 Å². The lowest BCUT2D eigenvalue weighted by molar-refractivity contribution is 0.0428. The molecule has 9 heteroatoms. The minimum atomic E-state index is -3.41. The molecule has 25 heavy (non-hydrogen) atoms. The van der Waals surface area contributed by atoms with E-state index in [-0.39, 0.29) is 23.0 Å². The van der Waals surface area contributed by atoms with E-state index in [1.165, 1.54) is 23.5 Å². The summed E-state index contributed by atoms with van der Waals surface area (Å²) in [5.41, 5.74) is 0.795. The molecule has 0 aliphatic rings. The Labute approximate surface area is 148 Å². The summed E-state index contributed by atoms with van der Waals surface area (Å²) in [5.74, 6) is -0.0659. The van der Waals surface area contributed by atoms with Gasteiger partial charge in [0.15, 0.2) is 16.4 Å². The van der Waals surface area contributed by atoms with Crippen LogP contribution in [0.25, 0.3) is 10.7 Å². The smallest absolute Gasteiger partial charge is 0.338 e. The maximum atomic E-state index is 12.2. The van der Waals surface area contributed by atoms with Crippen LogP contribution in [0.1, 0.15) is 21.8 Å². The van der Waals surface area contributed by atoms with Crippen molar-refractivity contribution in [2.24, 2.45) is 0 Å². The van der Waals surface area contributed by atoms with Gasteiger partial charge in [-0.1, -0.05) is 17.3 Å². The number of ether oxygens (including phenoxy) is 1. The first kappa shape index (κ1) is 17.3. The number of carbonyl (C=O) groups excluding carboxylic acids is 1. The molecule has 130 valence electrons. The van der Waals surface area contributed by atoms with Crippen molar-refractivity contribution in [2.45, 2.75) is 18.4 Å². The van der Waals surface area contributed by atoms with Crippen LogP contribution < -0.4 is 0 Å². The molecular weight excluding hydrogens is 364 g/mol. The van der Waals surface area contributed by atoms with Gasteiger partial charge in [-0.2, -0.15) is 4.98 Å². The number of hydrogen-bond acceptors (Lipinski definition) is 8. The quantitative estimate of drug-likeness (QED) is 0.629. The zero-order chi connectivity index (χ0) is 18.0. The van der Waals surface area contributed by atoms with E-state index in [2.05, 4.69) is 10.1 Å². The first-order valence-corrected chi connectivity index (χ1v) is 9.96. The molecule has 3 aromatic rings. The summed E-state index contributed by atoms with van der Waals surface area (Å²) in [4.78, 5) is 17.3. The molecule has 0 bridgehead atoms. The highest BCUT2D eigenvalue weighted by molar-refractivity contribution is 7.90. The molecule has 7 nitrogen and oxygen atoms in total. The zero-order valence-corrected chi connectivity index (χ0v) is 15.1. The van der Waals surface area contributed by atoms with Crippen LogP contribution in [-0.4, -0.2) is 30.8 Å². The molecular formula is C16H14N2O5S2. The summed E-state index contributed by atoms with van der Waals surface area (Å²) in [6.45, 7) is 1.50. The van der Waals surface area contributed by atoms with Crippen LogP contribution >= 0.6 is 11.3 Å². The second-order valence-electron chi connectivity index (χ2n) is 5.31. The SMILES string of the molecule is Cc1ccc(S(C)(=O)=O)cc1C(=O)OCc1nc(-c2cccs2)no1. The predicted octanol–water partition coefficient (Wildman–Crippen LogP) is 2.87. The van der Waals surface area contributed by atoms with Crippen molar-refractivity contribution >= 4 is 27.1 Å². The molecule has 3 rings (SSSR count). The molecule has 0 spiro atoms. The summed E-state index contributed by atoms with van der Waals surface area (Å²) < 4.78 is 33.5. The van der Waals surface area contributed by atoms with Crippen LogP contribution in [0.15, 0.2) is 45.1 Å². The Kier molecular flexibility index (Phi) is 4.69. The minimum Gasteiger partial charge on any atom is -0.452 e. The Morgan fingerprint density at radius 1 is 1.32 bits per heavy atom. The van der Waals surface area contributed by atoms with Gasteiger partial charge in [0.2, 0.25) is 5.82 Å². The van der Waals surface area contributed by atoms with Crippen molar-refractivity contribution in [3.63, 3.8) is 0 Å². The second kappa shape index (κ2) is 6.77. The lowest BCUT2D eigenvalue weighted by Gasteiger charge is -2.07. The van der Waals surface area contributed by atoms with E-state index in [1.54, 1.807) is 13.0 Å². The average molecular weight is 378 g/mol. The number of thiophene rings is 1. The molecule has 0 aliphatic carbocycles. The Morgan fingerprint density at radius 3 is 2.80 bits per heavy atom. The summed E-state index contributed by atoms with van der Waals surface area (Å²) in [7, 11) is -3.41. The highest BCUT2D eigenvalue weighted by atomic mass is 32.2. The first-order valence-electron chi connectivity index (χ1n) is 7.19. The maximum absolute atomic E-state index is 12.2. The van der Waals surface area contributed by atoms with Gasteiger partial charge >= 0.3 is 5.97 Å². The van der Waals surface area contributed by atoms with Crippen molar-refractivity contribution in [1.29, 1.82) is 0 Å². The molecule has 0 saturated carbocycles. The second-order valence-corrected chi connectivity index (χ2v) is 8.28. The van der Waals surface area contributed by atoms with Crippen LogP contribution in [0, 0.1) is 6.92 Å².